The molecule has 1 aliphatic heterocycles. The minimum absolute atomic E-state index is 0.566. The average Bonchev–Trinajstić information content (AvgIpc) is 2.64. The third-order valence-electron chi connectivity index (χ3n) is 4.09. The normalized spacial score (nSPS) is 29.6. The number of aliphatic imine (C=N–C) groups is 1. The van der Waals surface area contributed by atoms with Crippen LogP contribution in [0.5, 0.6) is 0 Å². The number of nitrogens with zero attached hydrogens (tertiary/aromatic N) is 3. The Balaban J connectivity index is 2.05. The Kier molecular flexibility index (Phi) is 2.42. The number of hydroxylamine groups is 1. The molecule has 0 saturated heterocycles. The van der Waals surface area contributed by atoms with Crippen molar-refractivity contribution in [1.29, 1.82) is 0 Å². The minimum atomic E-state index is -0.566. The van der Waals surface area contributed by atoms with E-state index in [2.05, 4.69) is 10.1 Å². The van der Waals surface area contributed by atoms with Crippen LogP contribution in [0.25, 0.3) is 0 Å². The summed E-state index contributed by atoms with van der Waals surface area (Å²) in [6.07, 6.45) is 7.36. The molecule has 5 nitrogen and oxygen atoms in total. The zero-order chi connectivity index (χ0) is 11.9. The summed E-state index contributed by atoms with van der Waals surface area (Å²) < 4.78 is 1.12. The van der Waals surface area contributed by atoms with Crippen LogP contribution >= 0.6 is 0 Å². The van der Waals surface area contributed by atoms with Crippen LogP contribution in [0.4, 0.5) is 0 Å². The first kappa shape index (κ1) is 10.7. The molecular formula is C12H17N3O2. The maximum atomic E-state index is 12.4. The third kappa shape index (κ3) is 1.48. The van der Waals surface area contributed by atoms with Gasteiger partial charge in [-0.3, -0.25) is 0 Å². The second kappa shape index (κ2) is 3.82. The molecule has 0 bridgehead atoms. The molecule has 0 atom stereocenters. The van der Waals surface area contributed by atoms with Crippen molar-refractivity contribution in [3.8, 4) is 0 Å². The highest BCUT2D eigenvalue weighted by molar-refractivity contribution is 6.68. The van der Waals surface area contributed by atoms with Crippen molar-refractivity contribution in [3.05, 3.63) is 5.21 Å². The molecule has 2 saturated carbocycles. The quantitative estimate of drug-likeness (QED) is 0.302. The molecule has 0 aromatic heterocycles. The molecule has 0 amide bonds. The smallest absolute Gasteiger partial charge is 0.266 e. The lowest BCUT2D eigenvalue weighted by atomic mass is 9.90. The van der Waals surface area contributed by atoms with Crippen LogP contribution in [0.1, 0.15) is 51.4 Å². The summed E-state index contributed by atoms with van der Waals surface area (Å²) in [6, 6.07) is 0. The van der Waals surface area contributed by atoms with Crippen LogP contribution < -0.4 is 0 Å². The highest BCUT2D eigenvalue weighted by Gasteiger charge is 2.49. The largest absolute Gasteiger partial charge is 0.622 e. The fraction of sp³-hybridized carbons (Fsp3) is 0.750. The predicted molar refractivity (Wildman–Crippen MR) is 65.0 cm³/mol. The molecule has 2 fully saturated rings. The number of hydrogen-bond acceptors (Lipinski definition) is 4. The van der Waals surface area contributed by atoms with Crippen LogP contribution in [0.15, 0.2) is 10.1 Å². The minimum Gasteiger partial charge on any atom is -0.622 e. The number of hydrogen-bond donors (Lipinski definition) is 1. The summed E-state index contributed by atoms with van der Waals surface area (Å²) in [7, 11) is 0. The molecule has 1 heterocycles. The van der Waals surface area contributed by atoms with Crippen molar-refractivity contribution < 1.29 is 9.95 Å². The van der Waals surface area contributed by atoms with Gasteiger partial charge in [0, 0.05) is 19.3 Å². The Morgan fingerprint density at radius 2 is 1.94 bits per heavy atom. The highest BCUT2D eigenvalue weighted by Crippen LogP contribution is 2.37. The van der Waals surface area contributed by atoms with Crippen LogP contribution in [0.3, 0.4) is 0 Å². The van der Waals surface area contributed by atoms with E-state index in [1.807, 2.05) is 0 Å². The summed E-state index contributed by atoms with van der Waals surface area (Å²) in [4.78, 5) is 4.64. The molecule has 1 spiro atoms. The molecule has 1 N–H and O–H groups in total. The van der Waals surface area contributed by atoms with E-state index in [0.717, 1.165) is 55.4 Å². The van der Waals surface area contributed by atoms with Gasteiger partial charge in [0.1, 0.15) is 5.71 Å². The zero-order valence-electron chi connectivity index (χ0n) is 9.85. The molecule has 3 rings (SSSR count). The van der Waals surface area contributed by atoms with Gasteiger partial charge in [-0.05, 0) is 25.7 Å². The Morgan fingerprint density at radius 1 is 1.18 bits per heavy atom. The van der Waals surface area contributed by atoms with E-state index >= 15 is 0 Å². The molecule has 0 aromatic rings. The lowest BCUT2D eigenvalue weighted by Crippen LogP contribution is -2.39. The van der Waals surface area contributed by atoms with Gasteiger partial charge >= 0.3 is 0 Å². The van der Waals surface area contributed by atoms with Gasteiger partial charge in [-0.15, -0.1) is 0 Å². The SMILES string of the molecule is [O-][N+]1=C2CCCC(=NO)C2=NC12CCCCC2. The van der Waals surface area contributed by atoms with Gasteiger partial charge in [-0.2, -0.15) is 4.74 Å². The molecule has 0 aromatic carbocycles. The summed E-state index contributed by atoms with van der Waals surface area (Å²) in [5, 5.41) is 24.7. The summed E-state index contributed by atoms with van der Waals surface area (Å²) in [5.41, 5.74) is 1.44. The van der Waals surface area contributed by atoms with Gasteiger partial charge in [-0.1, -0.05) is 11.6 Å². The van der Waals surface area contributed by atoms with E-state index in [-0.39, 0.29) is 0 Å². The van der Waals surface area contributed by atoms with Crippen molar-refractivity contribution in [2.75, 3.05) is 0 Å². The van der Waals surface area contributed by atoms with Crippen LogP contribution in [-0.4, -0.2) is 32.7 Å². The monoisotopic (exact) mass is 235 g/mol. The number of fused-ring (bicyclic) bond motifs is 1. The Bertz CT molecular complexity index is 431. The molecule has 2 aliphatic carbocycles. The molecule has 17 heavy (non-hydrogen) atoms. The average molecular weight is 235 g/mol. The molecule has 3 aliphatic rings. The fourth-order valence-electron chi connectivity index (χ4n) is 3.19. The second-order valence-corrected chi connectivity index (χ2v) is 5.14. The van der Waals surface area contributed by atoms with E-state index in [1.165, 1.54) is 6.42 Å². The Hall–Kier alpha value is -1.39. The van der Waals surface area contributed by atoms with Gasteiger partial charge in [0.2, 0.25) is 5.71 Å². The zero-order valence-corrected chi connectivity index (χ0v) is 9.85. The van der Waals surface area contributed by atoms with Crippen molar-refractivity contribution in [2.45, 2.75) is 57.0 Å². The third-order valence-corrected chi connectivity index (χ3v) is 4.09. The first-order valence-corrected chi connectivity index (χ1v) is 6.41. The molecule has 0 unspecified atom stereocenters. The predicted octanol–water partition coefficient (Wildman–Crippen LogP) is 2.07. The summed E-state index contributed by atoms with van der Waals surface area (Å²) in [5.74, 6) is 0. The van der Waals surface area contributed by atoms with E-state index in [0.29, 0.717) is 11.4 Å². The maximum absolute atomic E-state index is 12.4. The second-order valence-electron chi connectivity index (χ2n) is 5.14. The van der Waals surface area contributed by atoms with Crippen molar-refractivity contribution in [1.82, 2.24) is 0 Å². The van der Waals surface area contributed by atoms with Crippen LogP contribution in [-0.2, 0) is 0 Å². The van der Waals surface area contributed by atoms with E-state index in [1.54, 1.807) is 0 Å². The van der Waals surface area contributed by atoms with E-state index in [9.17, 15) is 5.21 Å². The fourth-order valence-corrected chi connectivity index (χ4v) is 3.19. The van der Waals surface area contributed by atoms with Crippen molar-refractivity contribution >= 4 is 17.1 Å². The van der Waals surface area contributed by atoms with Crippen molar-refractivity contribution in [2.24, 2.45) is 10.1 Å². The van der Waals surface area contributed by atoms with Gasteiger partial charge in [0.25, 0.3) is 5.66 Å². The van der Waals surface area contributed by atoms with Gasteiger partial charge in [0.15, 0.2) is 5.71 Å². The van der Waals surface area contributed by atoms with Gasteiger partial charge in [-0.25, -0.2) is 4.99 Å². The van der Waals surface area contributed by atoms with Crippen LogP contribution in [0.2, 0.25) is 0 Å². The molecule has 0 radical (unpaired) electrons. The Morgan fingerprint density at radius 3 is 2.65 bits per heavy atom. The first-order chi connectivity index (χ1) is 8.27. The summed E-state index contributed by atoms with van der Waals surface area (Å²) >= 11 is 0. The lowest BCUT2D eigenvalue weighted by Gasteiger charge is -2.28. The molecule has 5 heteroatoms. The number of rotatable bonds is 0. The first-order valence-electron chi connectivity index (χ1n) is 6.41. The van der Waals surface area contributed by atoms with Gasteiger partial charge < -0.3 is 10.4 Å². The number of oxime groups is 1. The lowest BCUT2D eigenvalue weighted by molar-refractivity contribution is -0.548. The standard InChI is InChI=1S/C12H17N3O2/c16-14-9-5-4-6-10-11(9)13-12(15(10)17)7-2-1-3-8-12/h16H,1-8H2. The van der Waals surface area contributed by atoms with E-state index < -0.39 is 5.66 Å². The van der Waals surface area contributed by atoms with Crippen LogP contribution in [0, 0.1) is 5.21 Å². The molecule has 92 valence electrons. The Labute approximate surface area is 100 Å². The maximum Gasteiger partial charge on any atom is 0.266 e. The van der Waals surface area contributed by atoms with E-state index in [4.69, 9.17) is 5.21 Å². The topological polar surface area (TPSA) is 71.0 Å². The summed E-state index contributed by atoms with van der Waals surface area (Å²) in [6.45, 7) is 0. The molecular weight excluding hydrogens is 218 g/mol. The highest BCUT2D eigenvalue weighted by atomic mass is 16.5. The van der Waals surface area contributed by atoms with Gasteiger partial charge in [0.05, 0.1) is 0 Å². The van der Waals surface area contributed by atoms with Crippen molar-refractivity contribution in [3.63, 3.8) is 0 Å².